The van der Waals surface area contributed by atoms with Crippen LogP contribution in [0.15, 0.2) is 36.4 Å². The predicted molar refractivity (Wildman–Crippen MR) is 114 cm³/mol. The largest absolute Gasteiger partial charge is 0.272 e. The fourth-order valence-electron chi connectivity index (χ4n) is 3.11. The molecule has 28 heavy (non-hydrogen) atoms. The van der Waals surface area contributed by atoms with E-state index in [0.29, 0.717) is 11.1 Å². The molecule has 0 aliphatic carbocycles. The third-order valence-electron chi connectivity index (χ3n) is 5.40. The first-order valence-corrected chi connectivity index (χ1v) is 9.71. The number of hydrogen-bond acceptors (Lipinski definition) is 2. The van der Waals surface area contributed by atoms with Crippen molar-refractivity contribution in [3.8, 4) is 0 Å². The van der Waals surface area contributed by atoms with Crippen LogP contribution in [0.4, 0.5) is 0 Å². The van der Waals surface area contributed by atoms with Gasteiger partial charge in [0.15, 0.2) is 0 Å². The first-order chi connectivity index (χ1) is 12.9. The molecule has 2 rings (SSSR count). The Balaban J connectivity index is 2.43. The van der Waals surface area contributed by atoms with Gasteiger partial charge < -0.3 is 0 Å². The molecule has 0 fully saturated rings. The molecule has 4 heteroatoms. The molecule has 0 aromatic heterocycles. The monoisotopic (exact) mass is 380 g/mol. The summed E-state index contributed by atoms with van der Waals surface area (Å²) in [6.45, 7) is 16.0. The summed E-state index contributed by atoms with van der Waals surface area (Å²) in [6.07, 6.45) is 0. The summed E-state index contributed by atoms with van der Waals surface area (Å²) in [5.41, 5.74) is 7.85. The lowest BCUT2D eigenvalue weighted by Gasteiger charge is -2.37. The summed E-state index contributed by atoms with van der Waals surface area (Å²) >= 11 is 0. The summed E-state index contributed by atoms with van der Waals surface area (Å²) in [7, 11) is 0. The highest BCUT2D eigenvalue weighted by Gasteiger charge is 2.32. The Bertz CT molecular complexity index is 874. The van der Waals surface area contributed by atoms with Crippen LogP contribution in [0.5, 0.6) is 0 Å². The molecule has 0 aliphatic heterocycles. The Morgan fingerprint density at radius 2 is 1.54 bits per heavy atom. The van der Waals surface area contributed by atoms with Gasteiger partial charge in [-0.25, -0.2) is 5.01 Å². The SMILES string of the molecule is Cc1cc(C)cc(C(=O)N(NC(=O)c2cccc(C)c2C)C(C)C(C)(C)C)c1. The van der Waals surface area contributed by atoms with Crippen LogP contribution in [-0.2, 0) is 0 Å². The maximum absolute atomic E-state index is 13.4. The number of nitrogens with zero attached hydrogens (tertiary/aromatic N) is 1. The zero-order valence-corrected chi connectivity index (χ0v) is 18.3. The number of rotatable bonds is 3. The van der Waals surface area contributed by atoms with Gasteiger partial charge in [-0.3, -0.25) is 15.0 Å². The summed E-state index contributed by atoms with van der Waals surface area (Å²) in [5, 5.41) is 1.48. The van der Waals surface area contributed by atoms with Crippen LogP contribution in [0.1, 0.15) is 70.7 Å². The number of amides is 2. The average Bonchev–Trinajstić information content (AvgIpc) is 2.59. The Morgan fingerprint density at radius 1 is 0.964 bits per heavy atom. The van der Waals surface area contributed by atoms with Crippen molar-refractivity contribution >= 4 is 11.8 Å². The number of hydrazine groups is 1. The zero-order valence-electron chi connectivity index (χ0n) is 18.3. The lowest BCUT2D eigenvalue weighted by molar-refractivity contribution is 0.0336. The highest BCUT2D eigenvalue weighted by Crippen LogP contribution is 2.25. The number of carbonyl (C=O) groups is 2. The fraction of sp³-hybridized carbons (Fsp3) is 0.417. The maximum Gasteiger partial charge on any atom is 0.272 e. The van der Waals surface area contributed by atoms with Crippen molar-refractivity contribution in [1.29, 1.82) is 0 Å². The molecule has 0 saturated heterocycles. The quantitative estimate of drug-likeness (QED) is 0.749. The summed E-state index contributed by atoms with van der Waals surface area (Å²) in [5.74, 6) is -0.470. The van der Waals surface area contributed by atoms with Gasteiger partial charge >= 0.3 is 0 Å². The molecule has 150 valence electrons. The molecule has 1 N–H and O–H groups in total. The van der Waals surface area contributed by atoms with E-state index in [0.717, 1.165) is 22.3 Å². The second-order valence-electron chi connectivity index (χ2n) is 8.78. The number of nitrogens with one attached hydrogen (secondary N) is 1. The lowest BCUT2D eigenvalue weighted by atomic mass is 9.87. The van der Waals surface area contributed by atoms with Crippen molar-refractivity contribution in [2.24, 2.45) is 5.41 Å². The first kappa shape index (κ1) is 21.7. The second kappa shape index (κ2) is 8.17. The first-order valence-electron chi connectivity index (χ1n) is 9.71. The van der Waals surface area contributed by atoms with Crippen molar-refractivity contribution in [3.63, 3.8) is 0 Å². The molecule has 0 saturated carbocycles. The van der Waals surface area contributed by atoms with E-state index in [1.165, 1.54) is 5.01 Å². The van der Waals surface area contributed by atoms with Gasteiger partial charge in [0.1, 0.15) is 0 Å². The number of carbonyl (C=O) groups excluding carboxylic acids is 2. The van der Waals surface area contributed by atoms with Crippen molar-refractivity contribution in [3.05, 3.63) is 69.8 Å². The molecular weight excluding hydrogens is 348 g/mol. The van der Waals surface area contributed by atoms with Gasteiger partial charge in [0.25, 0.3) is 11.8 Å². The molecule has 0 heterocycles. The molecule has 0 aliphatic rings. The number of hydrogen-bond donors (Lipinski definition) is 1. The molecule has 2 amide bonds. The summed E-state index contributed by atoms with van der Waals surface area (Å²) in [4.78, 5) is 26.4. The van der Waals surface area contributed by atoms with E-state index < -0.39 is 0 Å². The highest BCUT2D eigenvalue weighted by molar-refractivity contribution is 6.00. The molecule has 0 radical (unpaired) electrons. The Labute approximate surface area is 168 Å². The van der Waals surface area contributed by atoms with Crippen LogP contribution < -0.4 is 5.43 Å². The normalized spacial score (nSPS) is 12.4. The Kier molecular flexibility index (Phi) is 6.33. The predicted octanol–water partition coefficient (Wildman–Crippen LogP) is 5.14. The second-order valence-corrected chi connectivity index (χ2v) is 8.78. The molecule has 2 aromatic rings. The third kappa shape index (κ3) is 4.80. The van der Waals surface area contributed by atoms with E-state index in [1.807, 2.05) is 65.0 Å². The molecule has 1 unspecified atom stereocenters. The minimum absolute atomic E-state index is 0.199. The van der Waals surface area contributed by atoms with Crippen molar-refractivity contribution < 1.29 is 9.59 Å². The van der Waals surface area contributed by atoms with Gasteiger partial charge in [-0.15, -0.1) is 0 Å². The summed E-state index contributed by atoms with van der Waals surface area (Å²) in [6, 6.07) is 11.2. The standard InChI is InChI=1S/C24H32N2O2/c1-15-12-16(2)14-20(13-15)23(28)26(19(5)24(6,7)8)25-22(27)21-11-9-10-17(3)18(21)4/h9-14,19H,1-8H3,(H,25,27). The highest BCUT2D eigenvalue weighted by atomic mass is 16.2. The molecule has 0 bridgehead atoms. The van der Waals surface area contributed by atoms with Gasteiger partial charge in [-0.2, -0.15) is 0 Å². The van der Waals surface area contributed by atoms with E-state index in [2.05, 4.69) is 26.2 Å². The van der Waals surface area contributed by atoms with Crippen LogP contribution in [-0.4, -0.2) is 22.9 Å². The average molecular weight is 381 g/mol. The Morgan fingerprint density at radius 3 is 2.07 bits per heavy atom. The molecule has 1 atom stereocenters. The smallest absolute Gasteiger partial charge is 0.267 e. The van der Waals surface area contributed by atoms with Crippen molar-refractivity contribution in [1.82, 2.24) is 10.4 Å². The van der Waals surface area contributed by atoms with Crippen molar-refractivity contribution in [2.45, 2.75) is 61.4 Å². The number of benzene rings is 2. The van der Waals surface area contributed by atoms with Crippen LogP contribution >= 0.6 is 0 Å². The zero-order chi connectivity index (χ0) is 21.2. The van der Waals surface area contributed by atoms with Gasteiger partial charge in [0.05, 0.1) is 6.04 Å². The van der Waals surface area contributed by atoms with E-state index in [1.54, 1.807) is 6.07 Å². The van der Waals surface area contributed by atoms with Crippen LogP contribution in [0.25, 0.3) is 0 Å². The van der Waals surface area contributed by atoms with Gasteiger partial charge in [0, 0.05) is 11.1 Å². The molecule has 2 aromatic carbocycles. The molecule has 4 nitrogen and oxygen atoms in total. The topological polar surface area (TPSA) is 49.4 Å². The van der Waals surface area contributed by atoms with E-state index in [9.17, 15) is 9.59 Å². The lowest BCUT2D eigenvalue weighted by Crippen LogP contribution is -2.55. The third-order valence-corrected chi connectivity index (χ3v) is 5.40. The minimum atomic E-state index is -0.268. The maximum atomic E-state index is 13.4. The van der Waals surface area contributed by atoms with Crippen LogP contribution in [0.3, 0.4) is 0 Å². The molecule has 0 spiro atoms. The number of aryl methyl sites for hydroxylation is 3. The molecular formula is C24H32N2O2. The van der Waals surface area contributed by atoms with E-state index in [4.69, 9.17) is 0 Å². The van der Waals surface area contributed by atoms with Crippen molar-refractivity contribution in [2.75, 3.05) is 0 Å². The van der Waals surface area contributed by atoms with Crippen LogP contribution in [0, 0.1) is 33.1 Å². The van der Waals surface area contributed by atoms with E-state index in [-0.39, 0.29) is 23.3 Å². The summed E-state index contributed by atoms with van der Waals surface area (Å²) < 4.78 is 0. The fourth-order valence-corrected chi connectivity index (χ4v) is 3.11. The van der Waals surface area contributed by atoms with Gasteiger partial charge in [-0.05, 0) is 69.4 Å². The van der Waals surface area contributed by atoms with Crippen LogP contribution in [0.2, 0.25) is 0 Å². The van der Waals surface area contributed by atoms with Gasteiger partial charge in [0.2, 0.25) is 0 Å². The Hall–Kier alpha value is -2.62. The van der Waals surface area contributed by atoms with E-state index >= 15 is 0 Å². The van der Waals surface area contributed by atoms with Gasteiger partial charge in [-0.1, -0.05) is 50.1 Å². The minimum Gasteiger partial charge on any atom is -0.267 e.